The number of ether oxygens (including phenoxy) is 1. The molecule has 1 aliphatic rings. The third-order valence-corrected chi connectivity index (χ3v) is 4.02. The largest absolute Gasteiger partial charge is 0.466 e. The molecule has 0 aromatic heterocycles. The minimum Gasteiger partial charge on any atom is -0.466 e. The summed E-state index contributed by atoms with van der Waals surface area (Å²) in [5, 5.41) is 0. The highest BCUT2D eigenvalue weighted by Gasteiger charge is 2.23. The summed E-state index contributed by atoms with van der Waals surface area (Å²) in [5.74, 6) is 0.993. The van der Waals surface area contributed by atoms with E-state index in [4.69, 9.17) is 4.74 Å². The number of esters is 1. The molecule has 18 heavy (non-hydrogen) atoms. The van der Waals surface area contributed by atoms with E-state index in [9.17, 15) is 4.79 Å². The Morgan fingerprint density at radius 1 is 1.39 bits per heavy atom. The second-order valence-electron chi connectivity index (χ2n) is 5.49. The summed E-state index contributed by atoms with van der Waals surface area (Å²) in [5.41, 5.74) is 3.76. The lowest BCUT2D eigenvalue weighted by Crippen LogP contribution is -2.17. The van der Waals surface area contributed by atoms with Gasteiger partial charge in [0.25, 0.3) is 0 Å². The third kappa shape index (κ3) is 3.72. The van der Waals surface area contributed by atoms with E-state index in [-0.39, 0.29) is 5.97 Å². The van der Waals surface area contributed by atoms with Crippen LogP contribution in [-0.2, 0) is 9.53 Å². The standard InChI is InChI=1S/C16H26O2/c1-6-12(3)15-9-11(2)7-8-14(15)10-13(4)16(17)18-5/h10-11,14H,6-9H2,1-5H3/b13-10+,15-12+/t11-,14?/m1/s1. The molecule has 1 aliphatic carbocycles. The van der Waals surface area contributed by atoms with E-state index < -0.39 is 0 Å². The number of methoxy groups -OCH3 is 1. The Kier molecular flexibility index (Phi) is 5.64. The minimum absolute atomic E-state index is 0.206. The van der Waals surface area contributed by atoms with Gasteiger partial charge in [0, 0.05) is 5.57 Å². The Balaban J connectivity index is 2.95. The number of allylic oxidation sites excluding steroid dienone is 3. The molecule has 1 unspecified atom stereocenters. The monoisotopic (exact) mass is 250 g/mol. The van der Waals surface area contributed by atoms with Crippen molar-refractivity contribution in [2.45, 2.75) is 53.4 Å². The first kappa shape index (κ1) is 15.0. The second kappa shape index (κ2) is 6.77. The van der Waals surface area contributed by atoms with Crippen molar-refractivity contribution in [3.8, 4) is 0 Å². The Labute approximate surface area is 111 Å². The molecule has 1 fully saturated rings. The van der Waals surface area contributed by atoms with Crippen LogP contribution in [0.2, 0.25) is 0 Å². The van der Waals surface area contributed by atoms with E-state index in [0.29, 0.717) is 5.92 Å². The van der Waals surface area contributed by atoms with Gasteiger partial charge in [-0.05, 0) is 51.4 Å². The van der Waals surface area contributed by atoms with Crippen molar-refractivity contribution >= 4 is 5.97 Å². The molecule has 2 heteroatoms. The van der Waals surface area contributed by atoms with Crippen LogP contribution in [0.5, 0.6) is 0 Å². The molecule has 0 aromatic carbocycles. The summed E-state index contributed by atoms with van der Waals surface area (Å²) in [4.78, 5) is 11.5. The van der Waals surface area contributed by atoms with Crippen LogP contribution >= 0.6 is 0 Å². The molecule has 0 amide bonds. The summed E-state index contributed by atoms with van der Waals surface area (Å²) in [6, 6.07) is 0. The predicted octanol–water partition coefficient (Wildman–Crippen LogP) is 4.27. The predicted molar refractivity (Wildman–Crippen MR) is 75.3 cm³/mol. The molecule has 2 atom stereocenters. The highest BCUT2D eigenvalue weighted by Crippen LogP contribution is 2.37. The van der Waals surface area contributed by atoms with Gasteiger partial charge in [-0.1, -0.05) is 31.1 Å². The van der Waals surface area contributed by atoms with E-state index >= 15 is 0 Å². The Morgan fingerprint density at radius 2 is 2.06 bits per heavy atom. The van der Waals surface area contributed by atoms with Gasteiger partial charge in [-0.3, -0.25) is 0 Å². The second-order valence-corrected chi connectivity index (χ2v) is 5.49. The number of carbonyl (C=O) groups is 1. The zero-order valence-electron chi connectivity index (χ0n) is 12.4. The van der Waals surface area contributed by atoms with Gasteiger partial charge in [0.05, 0.1) is 7.11 Å². The Bertz CT molecular complexity index is 363. The molecule has 0 aromatic rings. The molecule has 0 radical (unpaired) electrons. The maximum atomic E-state index is 11.5. The molecule has 0 heterocycles. The van der Waals surface area contributed by atoms with Crippen LogP contribution in [0.3, 0.4) is 0 Å². The normalized spacial score (nSPS) is 27.9. The molecule has 102 valence electrons. The third-order valence-electron chi connectivity index (χ3n) is 4.02. The van der Waals surface area contributed by atoms with E-state index in [0.717, 1.165) is 24.3 Å². The molecular weight excluding hydrogens is 224 g/mol. The van der Waals surface area contributed by atoms with Crippen molar-refractivity contribution in [1.82, 2.24) is 0 Å². The zero-order chi connectivity index (χ0) is 13.7. The molecule has 0 N–H and O–H groups in total. The quantitative estimate of drug-likeness (QED) is 0.425. The first-order valence-electron chi connectivity index (χ1n) is 6.94. The van der Waals surface area contributed by atoms with Crippen molar-refractivity contribution in [2.75, 3.05) is 7.11 Å². The summed E-state index contributed by atoms with van der Waals surface area (Å²) < 4.78 is 4.77. The first-order chi connectivity index (χ1) is 8.49. The fraction of sp³-hybridized carbons (Fsp3) is 0.688. The van der Waals surface area contributed by atoms with E-state index in [1.165, 1.54) is 25.5 Å². The first-order valence-corrected chi connectivity index (χ1v) is 6.94. The fourth-order valence-corrected chi connectivity index (χ4v) is 2.70. The van der Waals surface area contributed by atoms with Crippen molar-refractivity contribution in [1.29, 1.82) is 0 Å². The molecule has 2 nitrogen and oxygen atoms in total. The van der Waals surface area contributed by atoms with Gasteiger partial charge in [0.15, 0.2) is 0 Å². The van der Waals surface area contributed by atoms with Gasteiger partial charge in [0.1, 0.15) is 0 Å². The fourth-order valence-electron chi connectivity index (χ4n) is 2.70. The number of rotatable bonds is 3. The molecule has 1 rings (SSSR count). The Morgan fingerprint density at radius 3 is 2.61 bits per heavy atom. The van der Waals surface area contributed by atoms with E-state index in [2.05, 4.69) is 26.8 Å². The van der Waals surface area contributed by atoms with Gasteiger partial charge < -0.3 is 4.74 Å². The minimum atomic E-state index is -0.206. The topological polar surface area (TPSA) is 26.3 Å². The lowest BCUT2D eigenvalue weighted by molar-refractivity contribution is -0.136. The maximum absolute atomic E-state index is 11.5. The van der Waals surface area contributed by atoms with Crippen LogP contribution in [0, 0.1) is 11.8 Å². The van der Waals surface area contributed by atoms with Gasteiger partial charge in [-0.15, -0.1) is 0 Å². The van der Waals surface area contributed by atoms with Crippen molar-refractivity contribution in [3.63, 3.8) is 0 Å². The summed E-state index contributed by atoms with van der Waals surface area (Å²) in [6.45, 7) is 8.59. The summed E-state index contributed by atoms with van der Waals surface area (Å²) in [6.07, 6.45) is 6.78. The van der Waals surface area contributed by atoms with Crippen molar-refractivity contribution in [2.24, 2.45) is 11.8 Å². The van der Waals surface area contributed by atoms with Crippen LogP contribution in [0.15, 0.2) is 22.8 Å². The molecule has 1 saturated carbocycles. The average Bonchev–Trinajstić information content (AvgIpc) is 2.38. The molecular formula is C16H26O2. The van der Waals surface area contributed by atoms with Gasteiger partial charge >= 0.3 is 5.97 Å². The molecule has 0 aliphatic heterocycles. The van der Waals surface area contributed by atoms with Gasteiger partial charge in [-0.25, -0.2) is 4.79 Å². The SMILES string of the molecule is CC/C(C)=C1\C[C@H](C)CCC1/C=C(\C)C(=O)OC. The highest BCUT2D eigenvalue weighted by molar-refractivity contribution is 5.87. The number of hydrogen-bond acceptors (Lipinski definition) is 2. The smallest absolute Gasteiger partial charge is 0.333 e. The van der Waals surface area contributed by atoms with Crippen molar-refractivity contribution < 1.29 is 9.53 Å². The number of hydrogen-bond donors (Lipinski definition) is 0. The molecule has 0 spiro atoms. The average molecular weight is 250 g/mol. The van der Waals surface area contributed by atoms with Crippen LogP contribution in [0.25, 0.3) is 0 Å². The van der Waals surface area contributed by atoms with E-state index in [1.54, 1.807) is 5.57 Å². The van der Waals surface area contributed by atoms with Crippen molar-refractivity contribution in [3.05, 3.63) is 22.8 Å². The van der Waals surface area contributed by atoms with E-state index in [1.807, 2.05) is 6.92 Å². The van der Waals surface area contributed by atoms with Crippen LogP contribution < -0.4 is 0 Å². The lowest BCUT2D eigenvalue weighted by atomic mass is 9.76. The summed E-state index contributed by atoms with van der Waals surface area (Å²) in [7, 11) is 1.44. The van der Waals surface area contributed by atoms with Gasteiger partial charge in [-0.2, -0.15) is 0 Å². The highest BCUT2D eigenvalue weighted by atomic mass is 16.5. The lowest BCUT2D eigenvalue weighted by Gasteiger charge is -2.29. The number of carbonyl (C=O) groups excluding carboxylic acids is 1. The zero-order valence-corrected chi connectivity index (χ0v) is 12.4. The van der Waals surface area contributed by atoms with Crippen LogP contribution in [0.1, 0.15) is 53.4 Å². The molecule has 0 bridgehead atoms. The van der Waals surface area contributed by atoms with Crippen LogP contribution in [-0.4, -0.2) is 13.1 Å². The maximum Gasteiger partial charge on any atom is 0.333 e. The van der Waals surface area contributed by atoms with Crippen LogP contribution in [0.4, 0.5) is 0 Å². The molecule has 0 saturated heterocycles. The Hall–Kier alpha value is -1.05. The summed E-state index contributed by atoms with van der Waals surface area (Å²) >= 11 is 0. The van der Waals surface area contributed by atoms with Gasteiger partial charge in [0.2, 0.25) is 0 Å².